The molecule has 0 unspecified atom stereocenters. The first kappa shape index (κ1) is 17.2. The first-order valence-corrected chi connectivity index (χ1v) is 7.68. The smallest absolute Gasteiger partial charge is 0.361 e. The van der Waals surface area contributed by atoms with Crippen molar-refractivity contribution in [1.29, 1.82) is 0 Å². The van der Waals surface area contributed by atoms with Gasteiger partial charge in [0.15, 0.2) is 0 Å². The zero-order valence-corrected chi connectivity index (χ0v) is 13.5. The minimum atomic E-state index is -4.49. The van der Waals surface area contributed by atoms with Crippen LogP contribution < -0.4 is 10.6 Å². The zero-order valence-electron chi connectivity index (χ0n) is 12.7. The van der Waals surface area contributed by atoms with Gasteiger partial charge in [0.05, 0.1) is 5.56 Å². The van der Waals surface area contributed by atoms with Crippen LogP contribution in [0.25, 0.3) is 10.9 Å². The molecule has 3 rings (SSSR count). The summed E-state index contributed by atoms with van der Waals surface area (Å²) in [6.45, 7) is -0.0815. The number of hydrogen-bond donors (Lipinski definition) is 3. The summed E-state index contributed by atoms with van der Waals surface area (Å²) in [6, 6.07) is 9.84. The summed E-state index contributed by atoms with van der Waals surface area (Å²) in [4.78, 5) is 15.0. The number of urea groups is 1. The molecule has 0 saturated carbocycles. The lowest BCUT2D eigenvalue weighted by molar-refractivity contribution is -0.137. The summed E-state index contributed by atoms with van der Waals surface area (Å²) in [5, 5.41) is 6.04. The van der Waals surface area contributed by atoms with Crippen molar-refractivity contribution in [2.75, 3.05) is 5.32 Å². The number of carbonyl (C=O) groups is 1. The van der Waals surface area contributed by atoms with Crippen molar-refractivity contribution in [3.63, 3.8) is 0 Å². The Labute approximate surface area is 146 Å². The molecule has 0 spiro atoms. The molecule has 1 heterocycles. The van der Waals surface area contributed by atoms with Crippen LogP contribution in [0.3, 0.4) is 0 Å². The monoisotopic (exact) mass is 367 g/mol. The molecule has 3 aromatic rings. The SMILES string of the molecule is O=C(NCc1cc(Cl)cc(C(F)(F)F)c1)Nc1ccc2[nH]ccc2c1. The third kappa shape index (κ3) is 4.24. The highest BCUT2D eigenvalue weighted by molar-refractivity contribution is 6.30. The Balaban J connectivity index is 1.65. The Morgan fingerprint density at radius 2 is 1.92 bits per heavy atom. The predicted octanol–water partition coefficient (Wildman–Crippen LogP) is 5.16. The van der Waals surface area contributed by atoms with Gasteiger partial charge in [0, 0.05) is 34.4 Å². The molecule has 0 aliphatic rings. The standard InChI is InChI=1S/C17H13ClF3N3O/c18-13-6-10(5-12(8-13)17(19,20)21)9-23-16(25)24-14-1-2-15-11(7-14)3-4-22-15/h1-8,22H,9H2,(H2,23,24,25). The fraction of sp³-hybridized carbons (Fsp3) is 0.118. The van der Waals surface area contributed by atoms with Crippen molar-refractivity contribution in [3.8, 4) is 0 Å². The molecule has 2 amide bonds. The highest BCUT2D eigenvalue weighted by atomic mass is 35.5. The molecule has 130 valence electrons. The van der Waals surface area contributed by atoms with E-state index < -0.39 is 17.8 Å². The Morgan fingerprint density at radius 3 is 2.68 bits per heavy atom. The lowest BCUT2D eigenvalue weighted by atomic mass is 10.1. The predicted molar refractivity (Wildman–Crippen MR) is 90.6 cm³/mol. The van der Waals surface area contributed by atoms with E-state index in [1.165, 1.54) is 6.07 Å². The molecule has 8 heteroatoms. The van der Waals surface area contributed by atoms with Crippen LogP contribution in [0.1, 0.15) is 11.1 Å². The van der Waals surface area contributed by atoms with Crippen LogP contribution in [0.15, 0.2) is 48.7 Å². The van der Waals surface area contributed by atoms with E-state index in [4.69, 9.17) is 11.6 Å². The number of H-pyrrole nitrogens is 1. The van der Waals surface area contributed by atoms with Gasteiger partial charge in [0.1, 0.15) is 0 Å². The minimum absolute atomic E-state index is 0.0371. The highest BCUT2D eigenvalue weighted by Crippen LogP contribution is 2.31. The topological polar surface area (TPSA) is 56.9 Å². The van der Waals surface area contributed by atoms with Crippen LogP contribution >= 0.6 is 11.6 Å². The van der Waals surface area contributed by atoms with Crippen LogP contribution in [0.2, 0.25) is 5.02 Å². The van der Waals surface area contributed by atoms with E-state index in [1.807, 2.05) is 12.1 Å². The first-order chi connectivity index (χ1) is 11.8. The third-order valence-corrected chi connectivity index (χ3v) is 3.77. The number of nitrogens with one attached hydrogen (secondary N) is 3. The van der Waals surface area contributed by atoms with Gasteiger partial charge in [-0.3, -0.25) is 0 Å². The molecule has 4 nitrogen and oxygen atoms in total. The number of alkyl halides is 3. The molecule has 0 atom stereocenters. The molecular weight excluding hydrogens is 355 g/mol. The van der Waals surface area contributed by atoms with Gasteiger partial charge >= 0.3 is 12.2 Å². The van der Waals surface area contributed by atoms with Crippen LogP contribution in [0.4, 0.5) is 23.7 Å². The lowest BCUT2D eigenvalue weighted by Gasteiger charge is -2.11. The van der Waals surface area contributed by atoms with Crippen molar-refractivity contribution in [3.05, 3.63) is 64.8 Å². The van der Waals surface area contributed by atoms with Crippen LogP contribution in [-0.4, -0.2) is 11.0 Å². The van der Waals surface area contributed by atoms with Crippen LogP contribution in [0, 0.1) is 0 Å². The maximum Gasteiger partial charge on any atom is 0.416 e. The number of halogens is 4. The first-order valence-electron chi connectivity index (χ1n) is 7.30. The molecule has 0 fully saturated rings. The number of benzene rings is 2. The van der Waals surface area contributed by atoms with Gasteiger partial charge in [0.2, 0.25) is 0 Å². The van der Waals surface area contributed by atoms with Crippen LogP contribution in [-0.2, 0) is 12.7 Å². The van der Waals surface area contributed by atoms with Gasteiger partial charge in [-0.25, -0.2) is 4.79 Å². The number of carbonyl (C=O) groups excluding carboxylic acids is 1. The molecule has 0 radical (unpaired) electrons. The van der Waals surface area contributed by atoms with Gasteiger partial charge in [-0.1, -0.05) is 11.6 Å². The van der Waals surface area contributed by atoms with E-state index in [0.717, 1.165) is 23.0 Å². The quantitative estimate of drug-likeness (QED) is 0.588. The molecule has 0 bridgehead atoms. The van der Waals surface area contributed by atoms with Crippen molar-refractivity contribution in [2.45, 2.75) is 12.7 Å². The van der Waals surface area contributed by atoms with E-state index in [9.17, 15) is 18.0 Å². The largest absolute Gasteiger partial charge is 0.416 e. The second-order valence-electron chi connectivity index (χ2n) is 5.43. The van der Waals surface area contributed by atoms with Crippen molar-refractivity contribution < 1.29 is 18.0 Å². The van der Waals surface area contributed by atoms with Gasteiger partial charge < -0.3 is 15.6 Å². The number of anilines is 1. The fourth-order valence-corrected chi connectivity index (χ4v) is 2.66. The molecule has 0 aliphatic carbocycles. The average molecular weight is 368 g/mol. The van der Waals surface area contributed by atoms with E-state index in [0.29, 0.717) is 5.69 Å². The molecule has 3 N–H and O–H groups in total. The Kier molecular flexibility index (Phi) is 4.59. The van der Waals surface area contributed by atoms with Gasteiger partial charge in [0.25, 0.3) is 0 Å². The maximum absolute atomic E-state index is 12.8. The number of fused-ring (bicyclic) bond motifs is 1. The Hall–Kier alpha value is -2.67. The van der Waals surface area contributed by atoms with Gasteiger partial charge in [-0.15, -0.1) is 0 Å². The van der Waals surface area contributed by atoms with Gasteiger partial charge in [-0.05, 0) is 48.0 Å². The number of rotatable bonds is 3. The number of aromatic nitrogens is 1. The molecule has 0 saturated heterocycles. The summed E-state index contributed by atoms with van der Waals surface area (Å²) in [5.41, 5.74) is 0.919. The van der Waals surface area contributed by atoms with E-state index in [-0.39, 0.29) is 17.1 Å². The van der Waals surface area contributed by atoms with Crippen molar-refractivity contribution in [2.24, 2.45) is 0 Å². The minimum Gasteiger partial charge on any atom is -0.361 e. The molecule has 0 aliphatic heterocycles. The van der Waals surface area contributed by atoms with Gasteiger partial charge in [-0.2, -0.15) is 13.2 Å². The molecule has 25 heavy (non-hydrogen) atoms. The summed E-state index contributed by atoms with van der Waals surface area (Å²) in [7, 11) is 0. The lowest BCUT2D eigenvalue weighted by Crippen LogP contribution is -2.28. The summed E-state index contributed by atoms with van der Waals surface area (Å²) >= 11 is 5.71. The average Bonchev–Trinajstić information content (AvgIpc) is 2.99. The highest BCUT2D eigenvalue weighted by Gasteiger charge is 2.31. The Morgan fingerprint density at radius 1 is 1.12 bits per heavy atom. The second-order valence-corrected chi connectivity index (χ2v) is 5.87. The normalized spacial score (nSPS) is 11.5. The molecular formula is C17H13ClF3N3O. The number of hydrogen-bond acceptors (Lipinski definition) is 1. The van der Waals surface area contributed by atoms with Crippen molar-refractivity contribution in [1.82, 2.24) is 10.3 Å². The van der Waals surface area contributed by atoms with Crippen molar-refractivity contribution >= 4 is 34.2 Å². The summed E-state index contributed by atoms with van der Waals surface area (Å²) in [5.74, 6) is 0. The van der Waals surface area contributed by atoms with Crippen LogP contribution in [0.5, 0.6) is 0 Å². The maximum atomic E-state index is 12.8. The second kappa shape index (κ2) is 6.68. The zero-order chi connectivity index (χ0) is 18.0. The molecule has 1 aromatic heterocycles. The van der Waals surface area contributed by atoms with E-state index >= 15 is 0 Å². The van der Waals surface area contributed by atoms with E-state index in [1.54, 1.807) is 18.3 Å². The third-order valence-electron chi connectivity index (χ3n) is 3.55. The Bertz CT molecular complexity index is 921. The fourth-order valence-electron chi connectivity index (χ4n) is 2.40. The summed E-state index contributed by atoms with van der Waals surface area (Å²) < 4.78 is 38.3. The van der Waals surface area contributed by atoms with E-state index in [2.05, 4.69) is 15.6 Å². The summed E-state index contributed by atoms with van der Waals surface area (Å²) in [6.07, 6.45) is -2.71. The number of amides is 2. The molecule has 2 aromatic carbocycles. The number of aromatic amines is 1.